The molecule has 0 saturated heterocycles. The Morgan fingerprint density at radius 3 is 2.69 bits per heavy atom. The monoisotopic (exact) mass is 197 g/mol. The Morgan fingerprint density at radius 1 is 1.38 bits per heavy atom. The highest BCUT2D eigenvalue weighted by Gasteiger charge is 2.07. The van der Waals surface area contributed by atoms with E-state index in [1.54, 1.807) is 12.1 Å². The topological polar surface area (TPSA) is 43.1 Å². The molecule has 1 aromatic rings. The molecule has 1 rings (SSSR count). The highest BCUT2D eigenvalue weighted by molar-refractivity contribution is 6.33. The van der Waals surface area contributed by atoms with Crippen LogP contribution < -0.4 is 5.73 Å². The minimum absolute atomic E-state index is 0.0658. The van der Waals surface area contributed by atoms with E-state index in [1.165, 1.54) is 0 Å². The Labute approximate surface area is 82.7 Å². The Bertz CT molecular complexity index is 299. The van der Waals surface area contributed by atoms with Gasteiger partial charge in [-0.2, -0.15) is 0 Å². The molecule has 0 aliphatic heterocycles. The summed E-state index contributed by atoms with van der Waals surface area (Å²) in [7, 11) is 0. The predicted molar refractivity (Wildman–Crippen MR) is 54.1 cm³/mol. The quantitative estimate of drug-likeness (QED) is 0.753. The Hall–Kier alpha value is -0.860. The molecule has 2 nitrogen and oxygen atoms in total. The van der Waals surface area contributed by atoms with Crippen LogP contribution in [0, 0.1) is 0 Å². The first-order chi connectivity index (χ1) is 6.25. The molecule has 0 aliphatic carbocycles. The molecule has 1 aromatic carbocycles. The third-order valence-electron chi connectivity index (χ3n) is 1.78. The maximum atomic E-state index is 11.5. The number of hydrogen-bond donors (Lipinski definition) is 1. The van der Waals surface area contributed by atoms with Gasteiger partial charge >= 0.3 is 0 Å². The van der Waals surface area contributed by atoms with Crippen molar-refractivity contribution in [3.05, 3.63) is 34.9 Å². The fraction of sp³-hybridized carbons (Fsp3) is 0.300. The van der Waals surface area contributed by atoms with Crippen LogP contribution in [0.5, 0.6) is 0 Å². The lowest BCUT2D eigenvalue weighted by molar-refractivity contribution is 0.0981. The summed E-state index contributed by atoms with van der Waals surface area (Å²) in [5, 5.41) is 0.518. The van der Waals surface area contributed by atoms with Gasteiger partial charge in [-0.05, 0) is 25.1 Å². The third-order valence-corrected chi connectivity index (χ3v) is 2.11. The van der Waals surface area contributed by atoms with E-state index in [1.807, 2.05) is 12.1 Å². The fourth-order valence-electron chi connectivity index (χ4n) is 1.08. The number of carbonyl (C=O) groups excluding carboxylic acids is 1. The summed E-state index contributed by atoms with van der Waals surface area (Å²) in [5.74, 6) is 0.0658. The zero-order chi connectivity index (χ0) is 9.68. The number of hydrogen-bond acceptors (Lipinski definition) is 2. The summed E-state index contributed by atoms with van der Waals surface area (Å²) in [6.07, 6.45) is 1.18. The molecule has 0 fully saturated rings. The first kappa shape index (κ1) is 10.2. The summed E-state index contributed by atoms with van der Waals surface area (Å²) < 4.78 is 0. The van der Waals surface area contributed by atoms with Crippen LogP contribution in [0.4, 0.5) is 0 Å². The van der Waals surface area contributed by atoms with Crippen LogP contribution in [0.1, 0.15) is 23.2 Å². The lowest BCUT2D eigenvalue weighted by atomic mass is 10.1. The van der Waals surface area contributed by atoms with E-state index in [9.17, 15) is 4.79 Å². The molecule has 0 aromatic heterocycles. The van der Waals surface area contributed by atoms with Gasteiger partial charge in [-0.3, -0.25) is 4.79 Å². The van der Waals surface area contributed by atoms with Gasteiger partial charge in [0.2, 0.25) is 0 Å². The van der Waals surface area contributed by atoms with E-state index in [-0.39, 0.29) is 5.78 Å². The minimum Gasteiger partial charge on any atom is -0.330 e. The van der Waals surface area contributed by atoms with Crippen LogP contribution in [0.2, 0.25) is 5.02 Å². The second-order valence-corrected chi connectivity index (χ2v) is 3.20. The highest BCUT2D eigenvalue weighted by atomic mass is 35.5. The molecule has 70 valence electrons. The summed E-state index contributed by atoms with van der Waals surface area (Å²) in [6.45, 7) is 0.538. The number of halogens is 1. The van der Waals surface area contributed by atoms with Gasteiger partial charge in [-0.15, -0.1) is 0 Å². The van der Waals surface area contributed by atoms with Crippen LogP contribution in [0.3, 0.4) is 0 Å². The van der Waals surface area contributed by atoms with Crippen molar-refractivity contribution in [1.29, 1.82) is 0 Å². The predicted octanol–water partition coefficient (Wildman–Crippen LogP) is 2.26. The molecule has 0 radical (unpaired) electrons. The molecule has 13 heavy (non-hydrogen) atoms. The number of Topliss-reactive ketones (excluding diaryl/α,β-unsaturated/α-hetero) is 1. The van der Waals surface area contributed by atoms with Gasteiger partial charge in [0, 0.05) is 12.0 Å². The molecular weight excluding hydrogens is 186 g/mol. The average Bonchev–Trinajstić information content (AvgIpc) is 2.15. The van der Waals surface area contributed by atoms with Crippen LogP contribution >= 0.6 is 11.6 Å². The van der Waals surface area contributed by atoms with Crippen molar-refractivity contribution in [2.75, 3.05) is 6.54 Å². The van der Waals surface area contributed by atoms with Crippen molar-refractivity contribution in [1.82, 2.24) is 0 Å². The Kier molecular flexibility index (Phi) is 3.93. The molecule has 0 bridgehead atoms. The number of nitrogens with two attached hydrogens (primary N) is 1. The second-order valence-electron chi connectivity index (χ2n) is 2.80. The lowest BCUT2D eigenvalue weighted by Gasteiger charge is -2.01. The second kappa shape index (κ2) is 5.00. The molecule has 0 atom stereocenters. The van der Waals surface area contributed by atoms with Gasteiger partial charge in [0.15, 0.2) is 5.78 Å². The molecule has 0 amide bonds. The van der Waals surface area contributed by atoms with E-state index in [2.05, 4.69) is 0 Å². The van der Waals surface area contributed by atoms with Gasteiger partial charge in [0.1, 0.15) is 0 Å². The molecule has 3 heteroatoms. The standard InChI is InChI=1S/C10H12ClNO/c11-9-5-2-1-4-8(9)10(13)6-3-7-12/h1-2,4-5H,3,6-7,12H2. The molecule has 2 N–H and O–H groups in total. The van der Waals surface area contributed by atoms with Crippen molar-refractivity contribution in [2.45, 2.75) is 12.8 Å². The van der Waals surface area contributed by atoms with Crippen molar-refractivity contribution in [3.8, 4) is 0 Å². The van der Waals surface area contributed by atoms with Crippen molar-refractivity contribution in [3.63, 3.8) is 0 Å². The maximum Gasteiger partial charge on any atom is 0.164 e. The molecular formula is C10H12ClNO. The molecule has 0 heterocycles. The molecule has 0 aliphatic rings. The molecule has 0 unspecified atom stereocenters. The normalized spacial score (nSPS) is 10.0. The number of carbonyl (C=O) groups is 1. The van der Waals surface area contributed by atoms with Gasteiger partial charge in [0.25, 0.3) is 0 Å². The van der Waals surface area contributed by atoms with Crippen molar-refractivity contribution in [2.24, 2.45) is 5.73 Å². The largest absolute Gasteiger partial charge is 0.330 e. The molecule has 0 saturated carbocycles. The average molecular weight is 198 g/mol. The van der Waals surface area contributed by atoms with E-state index >= 15 is 0 Å². The summed E-state index contributed by atoms with van der Waals surface area (Å²) in [6, 6.07) is 7.07. The Balaban J connectivity index is 2.71. The summed E-state index contributed by atoms with van der Waals surface area (Å²) in [5.41, 5.74) is 5.90. The van der Waals surface area contributed by atoms with Gasteiger partial charge in [0.05, 0.1) is 5.02 Å². The number of ketones is 1. The third kappa shape index (κ3) is 2.83. The SMILES string of the molecule is NCCCC(=O)c1ccccc1Cl. The zero-order valence-corrected chi connectivity index (χ0v) is 8.05. The van der Waals surface area contributed by atoms with E-state index in [4.69, 9.17) is 17.3 Å². The summed E-state index contributed by atoms with van der Waals surface area (Å²) >= 11 is 5.85. The van der Waals surface area contributed by atoms with Crippen LogP contribution in [-0.2, 0) is 0 Å². The minimum atomic E-state index is 0.0658. The first-order valence-electron chi connectivity index (χ1n) is 4.23. The zero-order valence-electron chi connectivity index (χ0n) is 7.29. The first-order valence-corrected chi connectivity index (χ1v) is 4.61. The maximum absolute atomic E-state index is 11.5. The number of benzene rings is 1. The van der Waals surface area contributed by atoms with E-state index in [0.29, 0.717) is 30.0 Å². The van der Waals surface area contributed by atoms with Crippen LogP contribution in [0.25, 0.3) is 0 Å². The van der Waals surface area contributed by atoms with E-state index in [0.717, 1.165) is 0 Å². The van der Waals surface area contributed by atoms with Crippen LogP contribution in [-0.4, -0.2) is 12.3 Å². The Morgan fingerprint density at radius 2 is 2.08 bits per heavy atom. The summed E-state index contributed by atoms with van der Waals surface area (Å²) in [4.78, 5) is 11.5. The highest BCUT2D eigenvalue weighted by Crippen LogP contribution is 2.16. The van der Waals surface area contributed by atoms with E-state index < -0.39 is 0 Å². The number of rotatable bonds is 4. The lowest BCUT2D eigenvalue weighted by Crippen LogP contribution is -2.05. The van der Waals surface area contributed by atoms with Crippen molar-refractivity contribution < 1.29 is 4.79 Å². The van der Waals surface area contributed by atoms with Crippen LogP contribution in [0.15, 0.2) is 24.3 Å². The fourth-order valence-corrected chi connectivity index (χ4v) is 1.33. The van der Waals surface area contributed by atoms with Gasteiger partial charge in [-0.1, -0.05) is 23.7 Å². The molecule has 0 spiro atoms. The smallest absolute Gasteiger partial charge is 0.164 e. The van der Waals surface area contributed by atoms with Gasteiger partial charge in [-0.25, -0.2) is 0 Å². The van der Waals surface area contributed by atoms with Gasteiger partial charge < -0.3 is 5.73 Å². The van der Waals surface area contributed by atoms with Crippen molar-refractivity contribution >= 4 is 17.4 Å².